The summed E-state index contributed by atoms with van der Waals surface area (Å²) in [6.45, 7) is 2.82. The lowest BCUT2D eigenvalue weighted by Crippen LogP contribution is -2.49. The molecule has 1 aromatic carbocycles. The smallest absolute Gasteiger partial charge is 0.267 e. The first-order valence-electron chi connectivity index (χ1n) is 8.94. The van der Waals surface area contributed by atoms with Gasteiger partial charge in [-0.1, -0.05) is 12.1 Å². The molecule has 6 heteroatoms. The maximum absolute atomic E-state index is 12.7. The number of carbonyl (C=O) groups is 1. The number of hydrogen-bond acceptors (Lipinski definition) is 4. The number of para-hydroxylation sites is 2. The van der Waals surface area contributed by atoms with E-state index in [0.29, 0.717) is 17.4 Å². The van der Waals surface area contributed by atoms with Gasteiger partial charge in [0.2, 0.25) is 6.10 Å². The number of likely N-dealkylation sites (tertiary alicyclic amines) is 1. The fourth-order valence-electron chi connectivity index (χ4n) is 3.53. The van der Waals surface area contributed by atoms with Crippen LogP contribution < -0.4 is 9.47 Å². The van der Waals surface area contributed by atoms with E-state index < -0.39 is 6.10 Å². The number of fused-ring (bicyclic) bond motifs is 1. The van der Waals surface area contributed by atoms with Crippen LogP contribution in [-0.2, 0) is 11.3 Å². The molecule has 6 nitrogen and oxygen atoms in total. The third-order valence-electron chi connectivity index (χ3n) is 5.04. The summed E-state index contributed by atoms with van der Waals surface area (Å²) in [5.74, 6) is 2.06. The molecule has 0 N–H and O–H groups in total. The van der Waals surface area contributed by atoms with Crippen LogP contribution in [0.4, 0.5) is 0 Å². The van der Waals surface area contributed by atoms with Crippen molar-refractivity contribution in [2.75, 3.05) is 19.7 Å². The van der Waals surface area contributed by atoms with Gasteiger partial charge in [0, 0.05) is 32.0 Å². The molecule has 0 aliphatic carbocycles. The average Bonchev–Trinajstić information content (AvgIpc) is 3.19. The van der Waals surface area contributed by atoms with E-state index in [-0.39, 0.29) is 12.5 Å². The molecule has 1 atom stereocenters. The monoisotopic (exact) mass is 341 g/mol. The highest BCUT2D eigenvalue weighted by Gasteiger charge is 2.32. The van der Waals surface area contributed by atoms with Gasteiger partial charge in [-0.3, -0.25) is 9.48 Å². The predicted octanol–water partition coefficient (Wildman–Crippen LogP) is 2.35. The van der Waals surface area contributed by atoms with Crippen LogP contribution in [-0.4, -0.2) is 46.4 Å². The second-order valence-corrected chi connectivity index (χ2v) is 6.69. The van der Waals surface area contributed by atoms with Gasteiger partial charge in [0.05, 0.1) is 0 Å². The quantitative estimate of drug-likeness (QED) is 0.857. The lowest BCUT2D eigenvalue weighted by molar-refractivity contribution is -0.142. The van der Waals surface area contributed by atoms with Crippen molar-refractivity contribution in [2.24, 2.45) is 5.92 Å². The first-order chi connectivity index (χ1) is 12.3. The third kappa shape index (κ3) is 3.62. The van der Waals surface area contributed by atoms with Crippen LogP contribution in [0.5, 0.6) is 11.5 Å². The number of piperidine rings is 1. The summed E-state index contributed by atoms with van der Waals surface area (Å²) in [6.07, 6.45) is 6.47. The molecule has 132 valence electrons. The number of carbonyl (C=O) groups excluding carboxylic acids is 1. The number of benzene rings is 1. The average molecular weight is 341 g/mol. The Morgan fingerprint density at radius 1 is 1.16 bits per heavy atom. The number of rotatable bonds is 4. The van der Waals surface area contributed by atoms with E-state index in [2.05, 4.69) is 5.10 Å². The zero-order valence-corrected chi connectivity index (χ0v) is 14.2. The molecule has 1 aromatic heterocycles. The summed E-state index contributed by atoms with van der Waals surface area (Å²) in [4.78, 5) is 14.6. The lowest BCUT2D eigenvalue weighted by atomic mass is 9.93. The van der Waals surface area contributed by atoms with Crippen LogP contribution in [0.1, 0.15) is 19.3 Å². The van der Waals surface area contributed by atoms with Crippen LogP contribution in [0.15, 0.2) is 42.7 Å². The molecule has 2 aliphatic rings. The minimum Gasteiger partial charge on any atom is -0.485 e. The van der Waals surface area contributed by atoms with E-state index in [0.717, 1.165) is 38.9 Å². The molecule has 1 saturated heterocycles. The number of hydrogen-bond donors (Lipinski definition) is 0. The molecule has 0 radical (unpaired) electrons. The SMILES string of the molecule is O=C([C@@H]1COc2ccccc2O1)N1CCC(CCn2cccn2)CC1. The molecule has 1 amide bonds. The summed E-state index contributed by atoms with van der Waals surface area (Å²) < 4.78 is 13.5. The molecule has 2 aliphatic heterocycles. The van der Waals surface area contributed by atoms with Crippen LogP contribution in [0.2, 0.25) is 0 Å². The van der Waals surface area contributed by atoms with E-state index in [1.54, 1.807) is 0 Å². The highest BCUT2D eigenvalue weighted by Crippen LogP contribution is 2.31. The Bertz CT molecular complexity index is 708. The van der Waals surface area contributed by atoms with Gasteiger partial charge in [-0.05, 0) is 43.4 Å². The van der Waals surface area contributed by atoms with Crippen LogP contribution in [0.3, 0.4) is 0 Å². The van der Waals surface area contributed by atoms with Crippen LogP contribution >= 0.6 is 0 Å². The number of ether oxygens (including phenoxy) is 2. The molecule has 0 spiro atoms. The second kappa shape index (κ2) is 7.17. The number of amides is 1. The lowest BCUT2D eigenvalue weighted by Gasteiger charge is -2.35. The molecule has 2 aromatic rings. The predicted molar refractivity (Wildman–Crippen MR) is 92.5 cm³/mol. The Morgan fingerprint density at radius 2 is 1.96 bits per heavy atom. The van der Waals surface area contributed by atoms with Gasteiger partial charge in [-0.2, -0.15) is 5.10 Å². The first-order valence-corrected chi connectivity index (χ1v) is 8.94. The van der Waals surface area contributed by atoms with Crippen LogP contribution in [0, 0.1) is 5.92 Å². The second-order valence-electron chi connectivity index (χ2n) is 6.69. The molecule has 4 rings (SSSR count). The highest BCUT2D eigenvalue weighted by atomic mass is 16.6. The standard InChI is InChI=1S/C19H23N3O3/c23-19(18-14-24-16-4-1-2-5-17(16)25-18)21-11-6-15(7-12-21)8-13-22-10-3-9-20-22/h1-5,9-10,15,18H,6-8,11-14H2/t18-/m0/s1. The third-order valence-corrected chi connectivity index (χ3v) is 5.04. The topological polar surface area (TPSA) is 56.6 Å². The Morgan fingerprint density at radius 3 is 2.72 bits per heavy atom. The maximum atomic E-state index is 12.7. The summed E-state index contributed by atoms with van der Waals surface area (Å²) in [6, 6.07) is 9.45. The van der Waals surface area contributed by atoms with Crippen molar-refractivity contribution in [2.45, 2.75) is 31.9 Å². The summed E-state index contributed by atoms with van der Waals surface area (Å²) in [7, 11) is 0. The minimum absolute atomic E-state index is 0.0417. The van der Waals surface area contributed by atoms with Gasteiger partial charge < -0.3 is 14.4 Å². The van der Waals surface area contributed by atoms with Gasteiger partial charge >= 0.3 is 0 Å². The number of aryl methyl sites for hydroxylation is 1. The van der Waals surface area contributed by atoms with Crippen molar-refractivity contribution >= 4 is 5.91 Å². The van der Waals surface area contributed by atoms with E-state index in [1.807, 2.05) is 52.3 Å². The zero-order chi connectivity index (χ0) is 17.1. The van der Waals surface area contributed by atoms with Gasteiger partial charge in [0.25, 0.3) is 5.91 Å². The number of nitrogens with zero attached hydrogens (tertiary/aromatic N) is 3. The molecule has 0 saturated carbocycles. The zero-order valence-electron chi connectivity index (χ0n) is 14.2. The summed E-state index contributed by atoms with van der Waals surface area (Å²) in [5, 5.41) is 4.25. The Balaban J connectivity index is 1.27. The Labute approximate surface area is 147 Å². The Hall–Kier alpha value is -2.50. The fourth-order valence-corrected chi connectivity index (χ4v) is 3.53. The van der Waals surface area contributed by atoms with Crippen molar-refractivity contribution in [3.05, 3.63) is 42.7 Å². The highest BCUT2D eigenvalue weighted by molar-refractivity contribution is 5.82. The summed E-state index contributed by atoms with van der Waals surface area (Å²) >= 11 is 0. The Kier molecular flexibility index (Phi) is 4.59. The van der Waals surface area contributed by atoms with Crippen molar-refractivity contribution in [1.82, 2.24) is 14.7 Å². The van der Waals surface area contributed by atoms with Crippen molar-refractivity contribution in [3.63, 3.8) is 0 Å². The fraction of sp³-hybridized carbons (Fsp3) is 0.474. The largest absolute Gasteiger partial charge is 0.485 e. The normalized spacial score (nSPS) is 20.5. The van der Waals surface area contributed by atoms with Gasteiger partial charge in [-0.25, -0.2) is 0 Å². The van der Waals surface area contributed by atoms with E-state index in [9.17, 15) is 4.79 Å². The van der Waals surface area contributed by atoms with Crippen molar-refractivity contribution in [1.29, 1.82) is 0 Å². The first kappa shape index (κ1) is 16.0. The minimum atomic E-state index is -0.532. The van der Waals surface area contributed by atoms with Crippen molar-refractivity contribution < 1.29 is 14.3 Å². The van der Waals surface area contributed by atoms with E-state index in [4.69, 9.17) is 9.47 Å². The van der Waals surface area contributed by atoms with E-state index >= 15 is 0 Å². The van der Waals surface area contributed by atoms with Crippen molar-refractivity contribution in [3.8, 4) is 11.5 Å². The van der Waals surface area contributed by atoms with E-state index in [1.165, 1.54) is 0 Å². The number of aromatic nitrogens is 2. The molecule has 25 heavy (non-hydrogen) atoms. The van der Waals surface area contributed by atoms with Gasteiger partial charge in [-0.15, -0.1) is 0 Å². The molecule has 1 fully saturated rings. The molecule has 0 unspecified atom stereocenters. The molecule has 0 bridgehead atoms. The molecule has 3 heterocycles. The van der Waals surface area contributed by atoms with Crippen LogP contribution in [0.25, 0.3) is 0 Å². The van der Waals surface area contributed by atoms with Gasteiger partial charge in [0.1, 0.15) is 6.61 Å². The summed E-state index contributed by atoms with van der Waals surface area (Å²) in [5.41, 5.74) is 0. The molecular weight excluding hydrogens is 318 g/mol. The molecular formula is C19H23N3O3. The van der Waals surface area contributed by atoms with Gasteiger partial charge in [0.15, 0.2) is 11.5 Å². The maximum Gasteiger partial charge on any atom is 0.267 e.